The molecule has 8 heteroatoms. The number of nitrogens with two attached hydrogens (primary N) is 1. The van der Waals surface area contributed by atoms with Crippen molar-refractivity contribution in [2.24, 2.45) is 5.73 Å². The first kappa shape index (κ1) is 27.6. The van der Waals surface area contributed by atoms with Gasteiger partial charge in [-0.05, 0) is 74.4 Å². The molecule has 0 saturated heterocycles. The molecule has 0 unspecified atom stereocenters. The number of nitrogens with one attached hydrogen (secondary N) is 2. The van der Waals surface area contributed by atoms with Gasteiger partial charge in [0.1, 0.15) is 18.4 Å². The van der Waals surface area contributed by atoms with Crippen LogP contribution in [0.5, 0.6) is 5.75 Å². The molecule has 2 aromatic rings. The molecular weight excluding hydrogens is 446 g/mol. The molecule has 0 radical (unpaired) electrons. The van der Waals surface area contributed by atoms with Gasteiger partial charge in [-0.2, -0.15) is 0 Å². The van der Waals surface area contributed by atoms with Crippen LogP contribution in [-0.4, -0.2) is 43.2 Å². The molecule has 8 nitrogen and oxygen atoms in total. The van der Waals surface area contributed by atoms with Crippen molar-refractivity contribution in [3.8, 4) is 5.75 Å². The Labute approximate surface area is 206 Å². The smallest absolute Gasteiger partial charge is 0.430 e. The Morgan fingerprint density at radius 1 is 1.09 bits per heavy atom. The second kappa shape index (κ2) is 13.9. The summed E-state index contributed by atoms with van der Waals surface area (Å²) in [6.45, 7) is 9.38. The molecule has 2 aromatic carbocycles. The maximum absolute atomic E-state index is 12.6. The Hall–Kier alpha value is -3.65. The Kier molecular flexibility index (Phi) is 11.0. The van der Waals surface area contributed by atoms with Crippen molar-refractivity contribution >= 4 is 18.0 Å². The molecule has 0 aromatic heterocycles. The fourth-order valence-electron chi connectivity index (χ4n) is 3.59. The molecular formula is C27H35N3O5. The van der Waals surface area contributed by atoms with Crippen LogP contribution in [0.4, 0.5) is 4.79 Å². The lowest BCUT2D eigenvalue weighted by Crippen LogP contribution is -2.51. The molecule has 0 aliphatic carbocycles. The van der Waals surface area contributed by atoms with Crippen molar-refractivity contribution in [3.63, 3.8) is 0 Å². The SMILES string of the molecule is C=CCOC(=O)Oc1cc(C)c(C[C@H](N)C(=O)N[C@H](C)C(=O)NCCCc2ccccc2)c(C)c1. The number of benzene rings is 2. The van der Waals surface area contributed by atoms with Gasteiger partial charge in [-0.15, -0.1) is 0 Å². The van der Waals surface area contributed by atoms with Gasteiger partial charge in [0.25, 0.3) is 0 Å². The van der Waals surface area contributed by atoms with E-state index in [0.29, 0.717) is 12.3 Å². The highest BCUT2D eigenvalue weighted by Gasteiger charge is 2.22. The van der Waals surface area contributed by atoms with Crippen LogP contribution < -0.4 is 21.1 Å². The molecule has 0 saturated carbocycles. The third-order valence-electron chi connectivity index (χ3n) is 5.49. The molecule has 2 atom stereocenters. The standard InChI is InChI=1S/C27H35N3O5/c1-5-14-34-27(33)35-22-15-18(2)23(19(3)16-22)17-24(28)26(32)30-20(4)25(31)29-13-9-12-21-10-7-6-8-11-21/h5-8,10-11,15-16,20,24H,1,9,12-14,17,28H2,2-4H3,(H,29,31)(H,30,32)/t20-,24+/m1/s1. The number of hydrogen-bond donors (Lipinski definition) is 3. The van der Waals surface area contributed by atoms with Gasteiger partial charge in [-0.1, -0.05) is 43.0 Å². The zero-order chi connectivity index (χ0) is 25.8. The first-order valence-corrected chi connectivity index (χ1v) is 11.6. The van der Waals surface area contributed by atoms with E-state index in [1.807, 2.05) is 44.2 Å². The maximum Gasteiger partial charge on any atom is 0.514 e. The van der Waals surface area contributed by atoms with Gasteiger partial charge in [-0.25, -0.2) is 4.79 Å². The number of hydrogen-bond acceptors (Lipinski definition) is 6. The van der Waals surface area contributed by atoms with E-state index in [9.17, 15) is 14.4 Å². The van der Waals surface area contributed by atoms with Crippen LogP contribution in [0.3, 0.4) is 0 Å². The van der Waals surface area contributed by atoms with E-state index in [2.05, 4.69) is 17.2 Å². The largest absolute Gasteiger partial charge is 0.514 e. The average Bonchev–Trinajstić information content (AvgIpc) is 2.83. The van der Waals surface area contributed by atoms with Crippen LogP contribution in [-0.2, 0) is 27.2 Å². The summed E-state index contributed by atoms with van der Waals surface area (Å²) >= 11 is 0. The molecule has 0 aliphatic rings. The summed E-state index contributed by atoms with van der Waals surface area (Å²) in [5, 5.41) is 5.53. The van der Waals surface area contributed by atoms with Crippen LogP contribution in [0, 0.1) is 13.8 Å². The minimum absolute atomic E-state index is 0.0585. The molecule has 0 spiro atoms. The lowest BCUT2D eigenvalue weighted by molar-refractivity contribution is -0.129. The van der Waals surface area contributed by atoms with Crippen LogP contribution in [0.15, 0.2) is 55.1 Å². The van der Waals surface area contributed by atoms with Crippen molar-refractivity contribution in [3.05, 3.63) is 77.4 Å². The van der Waals surface area contributed by atoms with Gasteiger partial charge in [0.05, 0.1) is 6.04 Å². The molecule has 2 rings (SSSR count). The summed E-state index contributed by atoms with van der Waals surface area (Å²) < 4.78 is 9.99. The van der Waals surface area contributed by atoms with E-state index < -0.39 is 24.1 Å². The molecule has 0 aliphatic heterocycles. The second-order valence-corrected chi connectivity index (χ2v) is 8.41. The summed E-state index contributed by atoms with van der Waals surface area (Å²) in [5.41, 5.74) is 9.87. The molecule has 188 valence electrons. The fourth-order valence-corrected chi connectivity index (χ4v) is 3.59. The number of carbonyl (C=O) groups excluding carboxylic acids is 3. The molecule has 0 fully saturated rings. The van der Waals surface area contributed by atoms with Gasteiger partial charge < -0.3 is 25.8 Å². The topological polar surface area (TPSA) is 120 Å². The number of rotatable bonds is 12. The van der Waals surface area contributed by atoms with Gasteiger partial charge >= 0.3 is 6.16 Å². The number of carbonyl (C=O) groups is 3. The highest BCUT2D eigenvalue weighted by atomic mass is 16.7. The van der Waals surface area contributed by atoms with E-state index in [0.717, 1.165) is 29.5 Å². The van der Waals surface area contributed by atoms with Gasteiger partial charge in [0.2, 0.25) is 11.8 Å². The highest BCUT2D eigenvalue weighted by molar-refractivity contribution is 5.89. The van der Waals surface area contributed by atoms with Crippen LogP contribution in [0.25, 0.3) is 0 Å². The zero-order valence-corrected chi connectivity index (χ0v) is 20.6. The van der Waals surface area contributed by atoms with Crippen molar-refractivity contribution in [2.45, 2.75) is 52.1 Å². The monoisotopic (exact) mass is 481 g/mol. The van der Waals surface area contributed by atoms with E-state index in [-0.39, 0.29) is 18.9 Å². The van der Waals surface area contributed by atoms with Crippen molar-refractivity contribution in [2.75, 3.05) is 13.2 Å². The molecule has 2 amide bonds. The summed E-state index contributed by atoms with van der Waals surface area (Å²) in [5.74, 6) is -0.326. The van der Waals surface area contributed by atoms with Gasteiger partial charge in [0, 0.05) is 6.54 Å². The molecule has 0 bridgehead atoms. The highest BCUT2D eigenvalue weighted by Crippen LogP contribution is 2.23. The third-order valence-corrected chi connectivity index (χ3v) is 5.49. The van der Waals surface area contributed by atoms with Gasteiger partial charge in [0.15, 0.2) is 0 Å². The third kappa shape index (κ3) is 9.25. The van der Waals surface area contributed by atoms with Crippen molar-refractivity contribution in [1.29, 1.82) is 0 Å². The number of ether oxygens (including phenoxy) is 2. The minimum atomic E-state index is -0.843. The fraction of sp³-hybridized carbons (Fsp3) is 0.370. The Morgan fingerprint density at radius 3 is 2.37 bits per heavy atom. The van der Waals surface area contributed by atoms with Crippen LogP contribution >= 0.6 is 0 Å². The van der Waals surface area contributed by atoms with E-state index >= 15 is 0 Å². The zero-order valence-electron chi connectivity index (χ0n) is 20.6. The minimum Gasteiger partial charge on any atom is -0.430 e. The van der Waals surface area contributed by atoms with E-state index in [1.165, 1.54) is 11.6 Å². The van der Waals surface area contributed by atoms with Gasteiger partial charge in [-0.3, -0.25) is 9.59 Å². The lowest BCUT2D eigenvalue weighted by Gasteiger charge is -2.19. The Balaban J connectivity index is 1.83. The summed E-state index contributed by atoms with van der Waals surface area (Å²) in [6, 6.07) is 11.9. The molecule has 35 heavy (non-hydrogen) atoms. The first-order chi connectivity index (χ1) is 16.7. The summed E-state index contributed by atoms with van der Waals surface area (Å²) in [6.07, 6.45) is 2.57. The first-order valence-electron chi connectivity index (χ1n) is 11.6. The number of aryl methyl sites for hydroxylation is 3. The normalized spacial score (nSPS) is 12.2. The quantitative estimate of drug-likeness (QED) is 0.185. The Bertz CT molecular complexity index is 1000. The molecule has 0 heterocycles. The average molecular weight is 482 g/mol. The van der Waals surface area contributed by atoms with Crippen molar-refractivity contribution < 1.29 is 23.9 Å². The van der Waals surface area contributed by atoms with E-state index in [1.54, 1.807) is 19.1 Å². The predicted molar refractivity (Wildman–Crippen MR) is 135 cm³/mol. The van der Waals surface area contributed by atoms with Crippen LogP contribution in [0.1, 0.15) is 35.6 Å². The number of amides is 2. The maximum atomic E-state index is 12.6. The van der Waals surface area contributed by atoms with E-state index in [4.69, 9.17) is 15.2 Å². The molecule has 4 N–H and O–H groups in total. The van der Waals surface area contributed by atoms with Crippen LogP contribution in [0.2, 0.25) is 0 Å². The van der Waals surface area contributed by atoms with Crippen molar-refractivity contribution in [1.82, 2.24) is 10.6 Å². The summed E-state index contributed by atoms with van der Waals surface area (Å²) in [7, 11) is 0. The summed E-state index contributed by atoms with van der Waals surface area (Å²) in [4.78, 5) is 36.6. The second-order valence-electron chi connectivity index (χ2n) is 8.41. The lowest BCUT2D eigenvalue weighted by atomic mass is 9.96. The Morgan fingerprint density at radius 2 is 1.74 bits per heavy atom. The predicted octanol–water partition coefficient (Wildman–Crippen LogP) is 3.13.